The van der Waals surface area contributed by atoms with E-state index in [0.717, 1.165) is 12.0 Å². The first-order chi connectivity index (χ1) is 7.65. The van der Waals surface area contributed by atoms with Crippen LogP contribution in [0.3, 0.4) is 0 Å². The molecule has 0 aromatic heterocycles. The van der Waals surface area contributed by atoms with Crippen LogP contribution in [-0.4, -0.2) is 13.2 Å². The van der Waals surface area contributed by atoms with Crippen LogP contribution < -0.4 is 0 Å². The quantitative estimate of drug-likeness (QED) is 0.476. The summed E-state index contributed by atoms with van der Waals surface area (Å²) in [5.41, 5.74) is 2.38. The first kappa shape index (κ1) is 14.8. The highest BCUT2D eigenvalue weighted by Crippen LogP contribution is 2.09. The van der Waals surface area contributed by atoms with E-state index in [4.69, 9.17) is 9.47 Å². The first-order valence-electron chi connectivity index (χ1n) is 5.95. The highest BCUT2D eigenvalue weighted by Gasteiger charge is 2.00. The van der Waals surface area contributed by atoms with Crippen molar-refractivity contribution in [3.8, 4) is 0 Å². The molecule has 0 fully saturated rings. The monoisotopic (exact) mass is 224 g/mol. The Hall–Kier alpha value is -1.18. The maximum absolute atomic E-state index is 5.41. The maximum Gasteiger partial charge on any atom is 0.282 e. The van der Waals surface area contributed by atoms with Crippen molar-refractivity contribution in [1.82, 2.24) is 0 Å². The summed E-state index contributed by atoms with van der Waals surface area (Å²) in [6.07, 6.45) is 7.24. The van der Waals surface area contributed by atoms with Gasteiger partial charge >= 0.3 is 0 Å². The molecule has 0 saturated carbocycles. The van der Waals surface area contributed by atoms with Crippen LogP contribution in [0, 0.1) is 0 Å². The molecule has 0 aromatic carbocycles. The second-order valence-electron chi connectivity index (χ2n) is 3.56. The topological polar surface area (TPSA) is 18.5 Å². The van der Waals surface area contributed by atoms with Gasteiger partial charge in [0.1, 0.15) is 0 Å². The highest BCUT2D eigenvalue weighted by atomic mass is 16.7. The largest absolute Gasteiger partial charge is 0.466 e. The van der Waals surface area contributed by atoms with Gasteiger partial charge < -0.3 is 9.47 Å². The lowest BCUT2D eigenvalue weighted by Crippen LogP contribution is -1.99. The minimum Gasteiger partial charge on any atom is -0.466 e. The third kappa shape index (κ3) is 6.33. The maximum atomic E-state index is 5.41. The Kier molecular flexibility index (Phi) is 8.41. The summed E-state index contributed by atoms with van der Waals surface area (Å²) in [7, 11) is 0. The second-order valence-corrected chi connectivity index (χ2v) is 3.56. The van der Waals surface area contributed by atoms with Gasteiger partial charge in [0.25, 0.3) is 5.95 Å². The molecule has 0 spiro atoms. The van der Waals surface area contributed by atoms with Gasteiger partial charge in [0, 0.05) is 5.57 Å². The molecule has 92 valence electrons. The van der Waals surface area contributed by atoms with E-state index in [9.17, 15) is 0 Å². The summed E-state index contributed by atoms with van der Waals surface area (Å²) in [6.45, 7) is 11.4. The summed E-state index contributed by atoms with van der Waals surface area (Å²) in [6, 6.07) is 0. The second kappa shape index (κ2) is 9.08. The van der Waals surface area contributed by atoms with Crippen molar-refractivity contribution in [3.05, 3.63) is 35.3 Å². The third-order valence-corrected chi connectivity index (χ3v) is 2.16. The van der Waals surface area contributed by atoms with Crippen molar-refractivity contribution in [1.29, 1.82) is 0 Å². The SMILES string of the molecule is CCOC(OCC)=C(C)C=CC=C(C)CC. The van der Waals surface area contributed by atoms with Crippen molar-refractivity contribution in [3.63, 3.8) is 0 Å². The fourth-order valence-corrected chi connectivity index (χ4v) is 1.07. The van der Waals surface area contributed by atoms with Gasteiger partial charge in [-0.05, 0) is 34.1 Å². The van der Waals surface area contributed by atoms with Gasteiger partial charge in [0.2, 0.25) is 0 Å². The van der Waals surface area contributed by atoms with Gasteiger partial charge in [-0.3, -0.25) is 0 Å². The minimum absolute atomic E-state index is 0.629. The van der Waals surface area contributed by atoms with Gasteiger partial charge in [-0.15, -0.1) is 0 Å². The van der Waals surface area contributed by atoms with E-state index >= 15 is 0 Å². The van der Waals surface area contributed by atoms with Crippen LogP contribution in [-0.2, 0) is 9.47 Å². The molecule has 0 aliphatic rings. The van der Waals surface area contributed by atoms with E-state index in [1.54, 1.807) is 0 Å². The van der Waals surface area contributed by atoms with Crippen LogP contribution in [0.2, 0.25) is 0 Å². The van der Waals surface area contributed by atoms with Crippen molar-refractivity contribution in [2.24, 2.45) is 0 Å². The first-order valence-corrected chi connectivity index (χ1v) is 5.95. The molecule has 0 aliphatic carbocycles. The smallest absolute Gasteiger partial charge is 0.282 e. The van der Waals surface area contributed by atoms with Crippen LogP contribution in [0.15, 0.2) is 35.3 Å². The molecule has 0 atom stereocenters. The molecule has 0 N–H and O–H groups in total. The van der Waals surface area contributed by atoms with Crippen LogP contribution in [0.25, 0.3) is 0 Å². The molecule has 0 unspecified atom stereocenters. The molecule has 2 nitrogen and oxygen atoms in total. The normalized spacial score (nSPS) is 11.7. The van der Waals surface area contributed by atoms with Crippen LogP contribution in [0.4, 0.5) is 0 Å². The molecule has 0 aromatic rings. The summed E-state index contributed by atoms with van der Waals surface area (Å²) in [5.74, 6) is 0.629. The van der Waals surface area contributed by atoms with Crippen molar-refractivity contribution >= 4 is 0 Å². The summed E-state index contributed by atoms with van der Waals surface area (Å²) in [4.78, 5) is 0. The number of hydrogen-bond acceptors (Lipinski definition) is 2. The lowest BCUT2D eigenvalue weighted by molar-refractivity contribution is 0.0438. The number of allylic oxidation sites excluding steroid dienone is 5. The van der Waals surface area contributed by atoms with Gasteiger partial charge in [0.15, 0.2) is 0 Å². The van der Waals surface area contributed by atoms with Gasteiger partial charge in [-0.2, -0.15) is 0 Å². The molecule has 0 saturated heterocycles. The number of ether oxygens (including phenoxy) is 2. The van der Waals surface area contributed by atoms with Gasteiger partial charge in [0.05, 0.1) is 13.2 Å². The number of hydrogen-bond donors (Lipinski definition) is 0. The van der Waals surface area contributed by atoms with E-state index in [1.807, 2.05) is 32.9 Å². The lowest BCUT2D eigenvalue weighted by Gasteiger charge is -2.10. The Morgan fingerprint density at radius 1 is 1.00 bits per heavy atom. The fraction of sp³-hybridized carbons (Fsp3) is 0.571. The van der Waals surface area contributed by atoms with E-state index in [2.05, 4.69) is 19.9 Å². The fourth-order valence-electron chi connectivity index (χ4n) is 1.07. The molecule has 0 rings (SSSR count). The molecule has 0 aliphatic heterocycles. The zero-order valence-electron chi connectivity index (χ0n) is 11.2. The highest BCUT2D eigenvalue weighted by molar-refractivity contribution is 5.22. The molecule has 0 amide bonds. The summed E-state index contributed by atoms with van der Waals surface area (Å²) < 4.78 is 10.8. The lowest BCUT2D eigenvalue weighted by atomic mass is 10.2. The van der Waals surface area contributed by atoms with Gasteiger partial charge in [-0.1, -0.05) is 30.7 Å². The van der Waals surface area contributed by atoms with Crippen LogP contribution in [0.5, 0.6) is 0 Å². The van der Waals surface area contributed by atoms with Gasteiger partial charge in [-0.25, -0.2) is 0 Å². The molecule has 0 bridgehead atoms. The molecule has 2 heteroatoms. The number of rotatable bonds is 7. The Balaban J connectivity index is 4.57. The van der Waals surface area contributed by atoms with Crippen molar-refractivity contribution in [2.75, 3.05) is 13.2 Å². The Labute approximate surface area is 99.6 Å². The van der Waals surface area contributed by atoms with E-state index < -0.39 is 0 Å². The Morgan fingerprint density at radius 3 is 2.00 bits per heavy atom. The van der Waals surface area contributed by atoms with Crippen LogP contribution in [0.1, 0.15) is 41.0 Å². The average molecular weight is 224 g/mol. The van der Waals surface area contributed by atoms with E-state index in [1.165, 1.54) is 5.57 Å². The predicted octanol–water partition coefficient (Wildman–Crippen LogP) is 4.20. The van der Waals surface area contributed by atoms with E-state index in [0.29, 0.717) is 19.2 Å². The van der Waals surface area contributed by atoms with E-state index in [-0.39, 0.29) is 0 Å². The molecular formula is C14H24O2. The van der Waals surface area contributed by atoms with Crippen molar-refractivity contribution in [2.45, 2.75) is 41.0 Å². The predicted molar refractivity (Wildman–Crippen MR) is 69.1 cm³/mol. The Bertz CT molecular complexity index is 264. The average Bonchev–Trinajstić information content (AvgIpc) is 2.28. The summed E-state index contributed by atoms with van der Waals surface area (Å²) in [5, 5.41) is 0. The third-order valence-electron chi connectivity index (χ3n) is 2.16. The molecular weight excluding hydrogens is 200 g/mol. The standard InChI is InChI=1S/C14H24O2/c1-6-12(4)10-9-11-13(5)14(15-7-2)16-8-3/h9-11H,6-8H2,1-5H3. The van der Waals surface area contributed by atoms with Crippen molar-refractivity contribution < 1.29 is 9.47 Å². The van der Waals surface area contributed by atoms with Crippen LogP contribution >= 0.6 is 0 Å². The minimum atomic E-state index is 0.629. The zero-order valence-corrected chi connectivity index (χ0v) is 11.2. The zero-order chi connectivity index (χ0) is 12.4. The molecule has 16 heavy (non-hydrogen) atoms. The Morgan fingerprint density at radius 2 is 1.56 bits per heavy atom. The summed E-state index contributed by atoms with van der Waals surface area (Å²) >= 11 is 0. The molecule has 0 radical (unpaired) electrons. The molecule has 0 heterocycles.